The van der Waals surface area contributed by atoms with Gasteiger partial charge in [0.25, 0.3) is 0 Å². The fourth-order valence-electron chi connectivity index (χ4n) is 1.63. The molecular weight excluding hydrogens is 269 g/mol. The Bertz CT molecular complexity index is 516. The van der Waals surface area contributed by atoms with Gasteiger partial charge in [-0.2, -0.15) is 0 Å². The Morgan fingerprint density at radius 3 is 2.44 bits per heavy atom. The van der Waals surface area contributed by atoms with Crippen molar-refractivity contribution < 1.29 is 5.11 Å². The monoisotopic (exact) mass is 281 g/mol. The summed E-state index contributed by atoms with van der Waals surface area (Å²) in [6.07, 6.45) is -0.571. The van der Waals surface area contributed by atoms with Gasteiger partial charge >= 0.3 is 0 Å². The minimum absolute atomic E-state index is 0.394. The standard InChI is InChI=1S/C14H13Cl2NO/c15-11-6-7-13(12(16)8-11)17-9-14(18)10-4-2-1-3-5-10/h1-8,14,17-18H,9H2. The van der Waals surface area contributed by atoms with Crippen molar-refractivity contribution in [3.05, 3.63) is 64.1 Å². The van der Waals surface area contributed by atoms with Crippen molar-refractivity contribution in [2.45, 2.75) is 6.10 Å². The van der Waals surface area contributed by atoms with Gasteiger partial charge in [-0.25, -0.2) is 0 Å². The molecule has 4 heteroatoms. The Kier molecular flexibility index (Phi) is 4.48. The smallest absolute Gasteiger partial charge is 0.0962 e. The first kappa shape index (κ1) is 13.2. The van der Waals surface area contributed by atoms with E-state index in [1.54, 1.807) is 18.2 Å². The average Bonchev–Trinajstić information content (AvgIpc) is 2.38. The summed E-state index contributed by atoms with van der Waals surface area (Å²) in [5.41, 5.74) is 1.63. The number of rotatable bonds is 4. The summed E-state index contributed by atoms with van der Waals surface area (Å²) in [6, 6.07) is 14.7. The van der Waals surface area contributed by atoms with Crippen molar-refractivity contribution in [2.75, 3.05) is 11.9 Å². The van der Waals surface area contributed by atoms with Crippen LogP contribution in [-0.2, 0) is 0 Å². The van der Waals surface area contributed by atoms with Crippen molar-refractivity contribution >= 4 is 28.9 Å². The molecule has 0 saturated carbocycles. The molecule has 0 aliphatic heterocycles. The molecule has 0 radical (unpaired) electrons. The van der Waals surface area contributed by atoms with Gasteiger partial charge in [0.05, 0.1) is 16.8 Å². The van der Waals surface area contributed by atoms with Crippen molar-refractivity contribution in [3.8, 4) is 0 Å². The van der Waals surface area contributed by atoms with Crippen LogP contribution >= 0.6 is 23.2 Å². The quantitative estimate of drug-likeness (QED) is 0.883. The van der Waals surface area contributed by atoms with Gasteiger partial charge in [0.1, 0.15) is 0 Å². The van der Waals surface area contributed by atoms with Gasteiger partial charge in [0.2, 0.25) is 0 Å². The predicted molar refractivity (Wildman–Crippen MR) is 76.4 cm³/mol. The minimum atomic E-state index is -0.571. The van der Waals surface area contributed by atoms with E-state index in [-0.39, 0.29) is 0 Å². The molecule has 1 atom stereocenters. The Balaban J connectivity index is 1.99. The number of aliphatic hydroxyl groups is 1. The lowest BCUT2D eigenvalue weighted by atomic mass is 10.1. The maximum atomic E-state index is 10.00. The molecule has 0 fully saturated rings. The Morgan fingerprint density at radius 1 is 1.06 bits per heavy atom. The number of anilines is 1. The van der Waals surface area contributed by atoms with Crippen LogP contribution < -0.4 is 5.32 Å². The van der Waals surface area contributed by atoms with E-state index < -0.39 is 6.10 Å². The van der Waals surface area contributed by atoms with Crippen LogP contribution in [-0.4, -0.2) is 11.7 Å². The SMILES string of the molecule is OC(CNc1ccc(Cl)cc1Cl)c1ccccc1. The average molecular weight is 282 g/mol. The van der Waals surface area contributed by atoms with E-state index in [0.29, 0.717) is 16.6 Å². The molecule has 2 aromatic carbocycles. The first-order valence-electron chi connectivity index (χ1n) is 5.59. The molecular formula is C14H13Cl2NO. The second kappa shape index (κ2) is 6.10. The molecule has 0 saturated heterocycles. The van der Waals surface area contributed by atoms with Gasteiger partial charge in [-0.05, 0) is 23.8 Å². The van der Waals surface area contributed by atoms with E-state index >= 15 is 0 Å². The summed E-state index contributed by atoms with van der Waals surface area (Å²) in [5, 5.41) is 14.2. The third kappa shape index (κ3) is 3.39. The zero-order valence-corrected chi connectivity index (χ0v) is 11.1. The number of hydrogen-bond acceptors (Lipinski definition) is 2. The predicted octanol–water partition coefficient (Wildman–Crippen LogP) is 4.14. The van der Waals surface area contributed by atoms with E-state index in [2.05, 4.69) is 5.32 Å². The van der Waals surface area contributed by atoms with E-state index in [9.17, 15) is 5.11 Å². The van der Waals surface area contributed by atoms with Crippen LogP contribution in [0.4, 0.5) is 5.69 Å². The summed E-state index contributed by atoms with van der Waals surface area (Å²) in [4.78, 5) is 0. The van der Waals surface area contributed by atoms with Gasteiger partial charge in [-0.3, -0.25) is 0 Å². The van der Waals surface area contributed by atoms with E-state index in [1.165, 1.54) is 0 Å². The summed E-state index contributed by atoms with van der Waals surface area (Å²) >= 11 is 11.8. The molecule has 0 amide bonds. The third-order valence-corrected chi connectivity index (χ3v) is 3.15. The third-order valence-electron chi connectivity index (χ3n) is 2.60. The number of halogens is 2. The molecule has 0 spiro atoms. The highest BCUT2D eigenvalue weighted by Gasteiger charge is 2.07. The summed E-state index contributed by atoms with van der Waals surface area (Å²) < 4.78 is 0. The number of nitrogens with one attached hydrogen (secondary N) is 1. The minimum Gasteiger partial charge on any atom is -0.387 e. The second-order valence-corrected chi connectivity index (χ2v) is 4.78. The molecule has 94 valence electrons. The molecule has 1 unspecified atom stereocenters. The van der Waals surface area contributed by atoms with Gasteiger partial charge < -0.3 is 10.4 Å². The van der Waals surface area contributed by atoms with Gasteiger partial charge in [0.15, 0.2) is 0 Å². The molecule has 0 heterocycles. The normalized spacial score (nSPS) is 12.2. The van der Waals surface area contributed by atoms with Crippen LogP contribution in [0.3, 0.4) is 0 Å². The van der Waals surface area contributed by atoms with E-state index in [4.69, 9.17) is 23.2 Å². The Labute approximate surface area is 116 Å². The highest BCUT2D eigenvalue weighted by molar-refractivity contribution is 6.36. The van der Waals surface area contributed by atoms with Crippen LogP contribution in [0.2, 0.25) is 10.0 Å². The van der Waals surface area contributed by atoms with Crippen molar-refractivity contribution in [2.24, 2.45) is 0 Å². The number of benzene rings is 2. The van der Waals surface area contributed by atoms with Crippen LogP contribution in [0, 0.1) is 0 Å². The van der Waals surface area contributed by atoms with Gasteiger partial charge in [-0.15, -0.1) is 0 Å². The van der Waals surface area contributed by atoms with E-state index in [0.717, 1.165) is 11.3 Å². The topological polar surface area (TPSA) is 32.3 Å². The Morgan fingerprint density at radius 2 is 1.78 bits per heavy atom. The fourth-order valence-corrected chi connectivity index (χ4v) is 2.11. The molecule has 2 rings (SSSR count). The molecule has 0 aliphatic carbocycles. The van der Waals surface area contributed by atoms with Gasteiger partial charge in [0, 0.05) is 11.6 Å². The highest BCUT2D eigenvalue weighted by atomic mass is 35.5. The molecule has 2 N–H and O–H groups in total. The molecule has 0 aliphatic rings. The van der Waals surface area contributed by atoms with Crippen molar-refractivity contribution in [3.63, 3.8) is 0 Å². The lowest BCUT2D eigenvalue weighted by molar-refractivity contribution is 0.191. The zero-order valence-electron chi connectivity index (χ0n) is 9.61. The second-order valence-electron chi connectivity index (χ2n) is 3.93. The summed E-state index contributed by atoms with van der Waals surface area (Å²) in [6.45, 7) is 0.394. The highest BCUT2D eigenvalue weighted by Crippen LogP contribution is 2.26. The van der Waals surface area contributed by atoms with Crippen molar-refractivity contribution in [1.82, 2.24) is 0 Å². The summed E-state index contributed by atoms with van der Waals surface area (Å²) in [5.74, 6) is 0. The molecule has 0 aromatic heterocycles. The maximum absolute atomic E-state index is 10.00. The van der Waals surface area contributed by atoms with Crippen LogP contribution in [0.15, 0.2) is 48.5 Å². The summed E-state index contributed by atoms with van der Waals surface area (Å²) in [7, 11) is 0. The molecule has 2 aromatic rings. The van der Waals surface area contributed by atoms with Crippen molar-refractivity contribution in [1.29, 1.82) is 0 Å². The lowest BCUT2D eigenvalue weighted by Gasteiger charge is -2.14. The lowest BCUT2D eigenvalue weighted by Crippen LogP contribution is -2.12. The van der Waals surface area contributed by atoms with Crippen LogP contribution in [0.1, 0.15) is 11.7 Å². The molecule has 2 nitrogen and oxygen atoms in total. The maximum Gasteiger partial charge on any atom is 0.0962 e. The Hall–Kier alpha value is -1.22. The van der Waals surface area contributed by atoms with Crippen LogP contribution in [0.25, 0.3) is 0 Å². The van der Waals surface area contributed by atoms with Gasteiger partial charge in [-0.1, -0.05) is 53.5 Å². The molecule has 18 heavy (non-hydrogen) atoms. The zero-order chi connectivity index (χ0) is 13.0. The first-order chi connectivity index (χ1) is 8.66. The fraction of sp³-hybridized carbons (Fsp3) is 0.143. The number of hydrogen-bond donors (Lipinski definition) is 2. The molecule has 0 bridgehead atoms. The van der Waals surface area contributed by atoms with E-state index in [1.807, 2.05) is 30.3 Å². The first-order valence-corrected chi connectivity index (χ1v) is 6.34. The largest absolute Gasteiger partial charge is 0.387 e. The number of aliphatic hydroxyl groups excluding tert-OH is 1. The van der Waals surface area contributed by atoms with Crippen LogP contribution in [0.5, 0.6) is 0 Å².